The molecule has 1 N–H and O–H groups in total. The van der Waals surface area contributed by atoms with Crippen LogP contribution in [0.2, 0.25) is 5.02 Å². The smallest absolute Gasteiger partial charge is 0.242 e. The topological polar surface area (TPSA) is 86.8 Å². The molecule has 0 aromatic heterocycles. The van der Waals surface area contributed by atoms with Gasteiger partial charge in [-0.05, 0) is 41.8 Å². The van der Waals surface area contributed by atoms with Crippen LogP contribution in [0.5, 0.6) is 0 Å². The van der Waals surface area contributed by atoms with Crippen molar-refractivity contribution in [1.29, 1.82) is 0 Å². The lowest BCUT2D eigenvalue weighted by molar-refractivity contribution is -0.141. The number of nitrogens with one attached hydrogen (secondary N) is 1. The molecule has 202 valence electrons. The van der Waals surface area contributed by atoms with E-state index in [1.165, 1.54) is 30.1 Å². The molecule has 0 saturated heterocycles. The first-order chi connectivity index (χ1) is 18.1. The van der Waals surface area contributed by atoms with Crippen LogP contribution >= 0.6 is 11.6 Å². The van der Waals surface area contributed by atoms with Gasteiger partial charge in [0.25, 0.3) is 0 Å². The summed E-state index contributed by atoms with van der Waals surface area (Å²) >= 11 is 6.16. The standard InChI is InChI=1S/C28H31ClFN3O4S/c1-31-28(35)26(19-21-10-4-3-5-11-21)32(20-22-12-8-13-23(29)18-22)27(34)16-9-17-33(38(2,36)37)25-15-7-6-14-24(25)30/h3-8,10-15,18,26H,9,16-17,19-20H2,1-2H3,(H,31,35)/t26-/m0/s1. The average molecular weight is 560 g/mol. The Morgan fingerprint density at radius 2 is 1.63 bits per heavy atom. The molecule has 0 unspecified atom stereocenters. The second kappa shape index (κ2) is 13.4. The number of halogens is 2. The van der Waals surface area contributed by atoms with E-state index in [9.17, 15) is 22.4 Å². The number of para-hydroxylation sites is 1. The molecule has 3 aromatic carbocycles. The van der Waals surface area contributed by atoms with Gasteiger partial charge in [-0.1, -0.05) is 66.2 Å². The average Bonchev–Trinajstić information content (AvgIpc) is 2.88. The summed E-state index contributed by atoms with van der Waals surface area (Å²) in [4.78, 5) is 28.1. The Hall–Kier alpha value is -3.43. The van der Waals surface area contributed by atoms with Crippen molar-refractivity contribution in [1.82, 2.24) is 10.2 Å². The van der Waals surface area contributed by atoms with Crippen molar-refractivity contribution in [2.45, 2.75) is 31.8 Å². The third-order valence-corrected chi connectivity index (χ3v) is 7.45. The van der Waals surface area contributed by atoms with Crippen molar-refractivity contribution in [3.8, 4) is 0 Å². The first kappa shape index (κ1) is 29.1. The van der Waals surface area contributed by atoms with E-state index in [4.69, 9.17) is 11.6 Å². The zero-order chi connectivity index (χ0) is 27.7. The van der Waals surface area contributed by atoms with Crippen molar-refractivity contribution in [2.24, 2.45) is 0 Å². The van der Waals surface area contributed by atoms with Crippen LogP contribution in [0.3, 0.4) is 0 Å². The van der Waals surface area contributed by atoms with Gasteiger partial charge in [-0.3, -0.25) is 13.9 Å². The van der Waals surface area contributed by atoms with E-state index >= 15 is 0 Å². The Morgan fingerprint density at radius 3 is 2.26 bits per heavy atom. The maximum Gasteiger partial charge on any atom is 0.242 e. The second-order valence-corrected chi connectivity index (χ2v) is 11.2. The molecular formula is C28H31ClFN3O4S. The number of hydrogen-bond acceptors (Lipinski definition) is 4. The van der Waals surface area contributed by atoms with Gasteiger partial charge in [-0.2, -0.15) is 0 Å². The Bertz CT molecular complexity index is 1350. The van der Waals surface area contributed by atoms with Gasteiger partial charge in [-0.15, -0.1) is 0 Å². The lowest BCUT2D eigenvalue weighted by Gasteiger charge is -2.31. The monoisotopic (exact) mass is 559 g/mol. The predicted molar refractivity (Wildman–Crippen MR) is 148 cm³/mol. The summed E-state index contributed by atoms with van der Waals surface area (Å²) in [5.74, 6) is -1.33. The molecule has 0 aliphatic heterocycles. The number of likely N-dealkylation sites (N-methyl/N-ethyl adjacent to an activating group) is 1. The third kappa shape index (κ3) is 8.03. The van der Waals surface area contributed by atoms with E-state index in [-0.39, 0.29) is 49.9 Å². The molecule has 1 atom stereocenters. The molecule has 0 radical (unpaired) electrons. The van der Waals surface area contributed by atoms with Gasteiger partial charge in [-0.25, -0.2) is 12.8 Å². The third-order valence-electron chi connectivity index (χ3n) is 6.03. The number of carbonyl (C=O) groups excluding carboxylic acids is 2. The fraction of sp³-hybridized carbons (Fsp3) is 0.286. The van der Waals surface area contributed by atoms with Crippen molar-refractivity contribution in [2.75, 3.05) is 24.2 Å². The molecule has 0 bridgehead atoms. The summed E-state index contributed by atoms with van der Waals surface area (Å²) in [5, 5.41) is 3.15. The zero-order valence-electron chi connectivity index (χ0n) is 21.3. The van der Waals surface area contributed by atoms with E-state index in [2.05, 4.69) is 5.32 Å². The van der Waals surface area contributed by atoms with Gasteiger partial charge in [0.15, 0.2) is 0 Å². The summed E-state index contributed by atoms with van der Waals surface area (Å²) in [7, 11) is -2.28. The summed E-state index contributed by atoms with van der Waals surface area (Å²) < 4.78 is 40.1. The van der Waals surface area contributed by atoms with E-state index in [0.29, 0.717) is 5.02 Å². The van der Waals surface area contributed by atoms with Crippen LogP contribution in [0, 0.1) is 5.82 Å². The summed E-state index contributed by atoms with van der Waals surface area (Å²) in [6.07, 6.45) is 1.35. The Kier molecular flexibility index (Phi) is 10.3. The van der Waals surface area contributed by atoms with Crippen molar-refractivity contribution >= 4 is 39.1 Å². The Balaban J connectivity index is 1.85. The number of rotatable bonds is 12. The van der Waals surface area contributed by atoms with E-state index in [1.807, 2.05) is 36.4 Å². The highest BCUT2D eigenvalue weighted by atomic mass is 35.5. The minimum atomic E-state index is -3.80. The highest BCUT2D eigenvalue weighted by Crippen LogP contribution is 2.23. The molecule has 0 heterocycles. The fourth-order valence-corrected chi connectivity index (χ4v) is 5.37. The molecule has 38 heavy (non-hydrogen) atoms. The van der Waals surface area contributed by atoms with Crippen LogP contribution in [-0.4, -0.2) is 51.0 Å². The van der Waals surface area contributed by atoms with Gasteiger partial charge >= 0.3 is 0 Å². The molecule has 3 aromatic rings. The molecule has 0 fully saturated rings. The summed E-state index contributed by atoms with van der Waals surface area (Å²) in [6.45, 7) is 0.0350. The normalized spacial score (nSPS) is 12.0. The number of benzene rings is 3. The maximum atomic E-state index is 14.4. The van der Waals surface area contributed by atoms with Crippen LogP contribution in [0.25, 0.3) is 0 Å². The molecule has 10 heteroatoms. The van der Waals surface area contributed by atoms with Gasteiger partial charge in [0.2, 0.25) is 21.8 Å². The first-order valence-electron chi connectivity index (χ1n) is 12.1. The van der Waals surface area contributed by atoms with E-state index < -0.39 is 21.9 Å². The summed E-state index contributed by atoms with van der Waals surface area (Å²) in [6, 6.07) is 21.2. The van der Waals surface area contributed by atoms with E-state index in [1.54, 1.807) is 24.3 Å². The predicted octanol–water partition coefficient (Wildman–Crippen LogP) is 4.41. The molecular weight excluding hydrogens is 529 g/mol. The first-order valence-corrected chi connectivity index (χ1v) is 14.3. The lowest BCUT2D eigenvalue weighted by atomic mass is 10.0. The molecule has 7 nitrogen and oxygen atoms in total. The molecule has 0 spiro atoms. The minimum Gasteiger partial charge on any atom is -0.357 e. The lowest BCUT2D eigenvalue weighted by Crippen LogP contribution is -2.49. The van der Waals surface area contributed by atoms with Crippen molar-refractivity contribution in [3.63, 3.8) is 0 Å². The number of sulfonamides is 1. The van der Waals surface area contributed by atoms with Crippen molar-refractivity contribution < 1.29 is 22.4 Å². The SMILES string of the molecule is CNC(=O)[C@H](Cc1ccccc1)N(Cc1cccc(Cl)c1)C(=O)CCCN(c1ccccc1F)S(C)(=O)=O. The number of amides is 2. The highest BCUT2D eigenvalue weighted by Gasteiger charge is 2.30. The largest absolute Gasteiger partial charge is 0.357 e. The minimum absolute atomic E-state index is 0.0523. The number of carbonyl (C=O) groups is 2. The van der Waals surface area contributed by atoms with Gasteiger partial charge in [0.05, 0.1) is 11.9 Å². The fourth-order valence-electron chi connectivity index (χ4n) is 4.19. The molecule has 0 aliphatic rings. The highest BCUT2D eigenvalue weighted by molar-refractivity contribution is 7.92. The van der Waals surface area contributed by atoms with Crippen molar-refractivity contribution in [3.05, 3.63) is 101 Å². The van der Waals surface area contributed by atoms with Crippen LogP contribution in [-0.2, 0) is 32.6 Å². The summed E-state index contributed by atoms with van der Waals surface area (Å²) in [5.41, 5.74) is 1.55. The van der Waals surface area contributed by atoms with Crippen LogP contribution in [0.4, 0.5) is 10.1 Å². The molecule has 0 saturated carbocycles. The van der Waals surface area contributed by atoms with Gasteiger partial charge in [0, 0.05) is 38.0 Å². The Morgan fingerprint density at radius 1 is 0.974 bits per heavy atom. The molecule has 3 rings (SSSR count). The number of anilines is 1. The number of hydrogen-bond donors (Lipinski definition) is 1. The Labute approximate surface area is 228 Å². The quantitative estimate of drug-likeness (QED) is 0.356. The van der Waals surface area contributed by atoms with Gasteiger partial charge in [0.1, 0.15) is 11.9 Å². The van der Waals surface area contributed by atoms with Gasteiger partial charge < -0.3 is 10.2 Å². The van der Waals surface area contributed by atoms with E-state index in [0.717, 1.165) is 21.7 Å². The van der Waals surface area contributed by atoms with Crippen LogP contribution in [0.15, 0.2) is 78.9 Å². The zero-order valence-corrected chi connectivity index (χ0v) is 22.9. The van der Waals surface area contributed by atoms with Crippen LogP contribution < -0.4 is 9.62 Å². The second-order valence-electron chi connectivity index (χ2n) is 8.86. The van der Waals surface area contributed by atoms with Crippen LogP contribution in [0.1, 0.15) is 24.0 Å². The number of nitrogens with zero attached hydrogens (tertiary/aromatic N) is 2. The molecule has 0 aliphatic carbocycles. The molecule has 2 amide bonds. The maximum absolute atomic E-state index is 14.4.